The molecule has 0 saturated carbocycles. The average molecular weight is 477 g/mol. The third kappa shape index (κ3) is 4.44. The van der Waals surface area contributed by atoms with Crippen LogP contribution < -0.4 is 17.0 Å². The van der Waals surface area contributed by atoms with E-state index in [4.69, 9.17) is 5.73 Å². The van der Waals surface area contributed by atoms with Crippen LogP contribution in [-0.4, -0.2) is 35.4 Å². The van der Waals surface area contributed by atoms with E-state index in [1.54, 1.807) is 6.92 Å². The molecule has 0 amide bonds. The molecule has 174 valence electrons. The highest BCUT2D eigenvalue weighted by Gasteiger charge is 2.23. The molecular weight excluding hydrogens is 452 g/mol. The van der Waals surface area contributed by atoms with Crippen LogP contribution in [0, 0.1) is 6.92 Å². The van der Waals surface area contributed by atoms with Gasteiger partial charge in [0, 0.05) is 12.2 Å². The van der Waals surface area contributed by atoms with Crippen molar-refractivity contribution in [1.29, 1.82) is 0 Å². The van der Waals surface area contributed by atoms with Crippen LogP contribution in [0.3, 0.4) is 0 Å². The number of nitrogens with two attached hydrogens (primary N) is 1. The number of aryl methyl sites for hydroxylation is 1. The van der Waals surface area contributed by atoms with Gasteiger partial charge in [0.05, 0.1) is 12.3 Å². The van der Waals surface area contributed by atoms with E-state index in [2.05, 4.69) is 10.2 Å². The molecule has 9 nitrogen and oxygen atoms in total. The summed E-state index contributed by atoms with van der Waals surface area (Å²) in [6, 6.07) is 18.8. The summed E-state index contributed by atoms with van der Waals surface area (Å²) < 4.78 is 4.14. The van der Waals surface area contributed by atoms with Crippen LogP contribution in [0.2, 0.25) is 0 Å². The van der Waals surface area contributed by atoms with Crippen LogP contribution in [-0.2, 0) is 13.1 Å². The molecule has 0 aliphatic rings. The van der Waals surface area contributed by atoms with Gasteiger partial charge in [0.15, 0.2) is 10.9 Å². The summed E-state index contributed by atoms with van der Waals surface area (Å²) in [5.74, 6) is -0.0189. The number of anilines is 1. The van der Waals surface area contributed by atoms with Crippen LogP contribution in [0.5, 0.6) is 0 Å². The van der Waals surface area contributed by atoms with E-state index in [0.717, 1.165) is 27.6 Å². The number of rotatable bonds is 8. The number of benzene rings is 2. The predicted octanol–water partition coefficient (Wildman–Crippen LogP) is 2.52. The van der Waals surface area contributed by atoms with Gasteiger partial charge in [-0.3, -0.25) is 23.3 Å². The second-order valence-corrected chi connectivity index (χ2v) is 8.52. The third-order valence-electron chi connectivity index (χ3n) is 5.39. The van der Waals surface area contributed by atoms with E-state index in [0.29, 0.717) is 11.0 Å². The molecule has 2 aromatic carbocycles. The number of carbonyl (C=O) groups is 1. The Hall–Kier alpha value is -3.92. The first-order valence-corrected chi connectivity index (χ1v) is 11.7. The first-order chi connectivity index (χ1) is 16.4. The molecule has 0 fully saturated rings. The highest BCUT2D eigenvalue weighted by molar-refractivity contribution is 7.99. The summed E-state index contributed by atoms with van der Waals surface area (Å²) in [7, 11) is 0. The molecular formula is C24H24N6O3S. The maximum atomic E-state index is 13.2. The molecule has 0 aliphatic carbocycles. The number of ketones is 1. The van der Waals surface area contributed by atoms with Gasteiger partial charge >= 0.3 is 5.69 Å². The molecule has 0 radical (unpaired) electrons. The fraction of sp³-hybridized carbons (Fsp3) is 0.208. The third-order valence-corrected chi connectivity index (χ3v) is 6.32. The Morgan fingerprint density at radius 3 is 2.26 bits per heavy atom. The van der Waals surface area contributed by atoms with Gasteiger partial charge < -0.3 is 5.73 Å². The number of thioether (sulfide) groups is 1. The van der Waals surface area contributed by atoms with Crippen LogP contribution in [0.25, 0.3) is 5.69 Å². The van der Waals surface area contributed by atoms with Crippen molar-refractivity contribution in [3.05, 3.63) is 98.5 Å². The number of para-hydroxylation sites is 1. The summed E-state index contributed by atoms with van der Waals surface area (Å²) >= 11 is 1.16. The van der Waals surface area contributed by atoms with Crippen molar-refractivity contribution < 1.29 is 4.79 Å². The summed E-state index contributed by atoms with van der Waals surface area (Å²) in [5, 5.41) is 8.82. The number of hydrogen-bond donors (Lipinski definition) is 1. The molecule has 0 bridgehead atoms. The van der Waals surface area contributed by atoms with Crippen LogP contribution in [0.15, 0.2) is 75.4 Å². The van der Waals surface area contributed by atoms with E-state index in [1.165, 1.54) is 4.57 Å². The smallest absolute Gasteiger partial charge is 0.332 e. The number of nitrogens with zero attached hydrogens (tertiary/aromatic N) is 5. The largest absolute Gasteiger partial charge is 0.384 e. The molecule has 0 saturated heterocycles. The highest BCUT2D eigenvalue weighted by Crippen LogP contribution is 2.23. The van der Waals surface area contributed by atoms with Gasteiger partial charge in [-0.15, -0.1) is 10.2 Å². The topological polar surface area (TPSA) is 118 Å². The predicted molar refractivity (Wildman–Crippen MR) is 132 cm³/mol. The van der Waals surface area contributed by atoms with Crippen LogP contribution in [0.4, 0.5) is 5.82 Å². The minimum absolute atomic E-state index is 0.0857. The molecule has 0 unspecified atom stereocenters. The lowest BCUT2D eigenvalue weighted by molar-refractivity contribution is 0.102. The van der Waals surface area contributed by atoms with Crippen molar-refractivity contribution in [2.45, 2.75) is 32.1 Å². The summed E-state index contributed by atoms with van der Waals surface area (Å²) in [6.45, 7) is 3.78. The highest BCUT2D eigenvalue weighted by atomic mass is 32.2. The lowest BCUT2D eigenvalue weighted by Gasteiger charge is -2.16. The number of Topliss-reactive ketones (excluding diaryl/α,β-unsaturated/α-hetero) is 1. The maximum Gasteiger partial charge on any atom is 0.332 e. The van der Waals surface area contributed by atoms with E-state index in [-0.39, 0.29) is 30.2 Å². The summed E-state index contributed by atoms with van der Waals surface area (Å²) in [6.07, 6.45) is 0. The van der Waals surface area contributed by atoms with Crippen molar-refractivity contribution in [3.8, 4) is 5.69 Å². The fourth-order valence-electron chi connectivity index (χ4n) is 3.69. The van der Waals surface area contributed by atoms with Crippen molar-refractivity contribution in [2.24, 2.45) is 0 Å². The Balaban J connectivity index is 1.68. The van der Waals surface area contributed by atoms with Gasteiger partial charge in [0.1, 0.15) is 17.2 Å². The van der Waals surface area contributed by atoms with Gasteiger partial charge in [-0.05, 0) is 31.5 Å². The quantitative estimate of drug-likeness (QED) is 0.307. The van der Waals surface area contributed by atoms with E-state index >= 15 is 0 Å². The van der Waals surface area contributed by atoms with Gasteiger partial charge in [-0.2, -0.15) is 0 Å². The zero-order valence-corrected chi connectivity index (χ0v) is 19.7. The standard InChI is InChI=1S/C24H24N6O3S/c1-3-28-22(32)20(21(25)29(24(28)33)14-17-10-6-4-7-11-17)19(31)15-34-23-27-26-16(2)30(23)18-12-8-5-9-13-18/h4-13H,3,14-15,25H2,1-2H3. The Bertz CT molecular complexity index is 1440. The van der Waals surface area contributed by atoms with E-state index in [1.807, 2.05) is 72.2 Å². The van der Waals surface area contributed by atoms with E-state index < -0.39 is 17.0 Å². The molecule has 0 spiro atoms. The van der Waals surface area contributed by atoms with Crippen LogP contribution >= 0.6 is 11.8 Å². The molecule has 34 heavy (non-hydrogen) atoms. The van der Waals surface area contributed by atoms with Crippen molar-refractivity contribution >= 4 is 23.4 Å². The molecule has 2 N–H and O–H groups in total. The second kappa shape index (κ2) is 9.92. The SMILES string of the molecule is CCn1c(=O)c(C(=O)CSc2nnc(C)n2-c2ccccc2)c(N)n(Cc2ccccc2)c1=O. The van der Waals surface area contributed by atoms with Crippen molar-refractivity contribution in [3.63, 3.8) is 0 Å². The van der Waals surface area contributed by atoms with Crippen LogP contribution in [0.1, 0.15) is 28.7 Å². The lowest BCUT2D eigenvalue weighted by Crippen LogP contribution is -2.44. The number of nitrogen functional groups attached to an aromatic ring is 1. The number of hydrogen-bond acceptors (Lipinski definition) is 7. The average Bonchev–Trinajstić information content (AvgIpc) is 3.22. The Morgan fingerprint density at radius 1 is 0.971 bits per heavy atom. The molecule has 2 heterocycles. The maximum absolute atomic E-state index is 13.2. The molecule has 10 heteroatoms. The first kappa shape index (κ1) is 23.2. The zero-order valence-electron chi connectivity index (χ0n) is 18.8. The van der Waals surface area contributed by atoms with Crippen molar-refractivity contribution in [2.75, 3.05) is 11.5 Å². The normalized spacial score (nSPS) is 11.0. The van der Waals surface area contributed by atoms with E-state index in [9.17, 15) is 14.4 Å². The van der Waals surface area contributed by atoms with Gasteiger partial charge in [-0.1, -0.05) is 60.3 Å². The zero-order chi connectivity index (χ0) is 24.2. The summed E-state index contributed by atoms with van der Waals surface area (Å²) in [5.41, 5.74) is 6.52. The number of carbonyl (C=O) groups excluding carboxylic acids is 1. The fourth-order valence-corrected chi connectivity index (χ4v) is 4.56. The van der Waals surface area contributed by atoms with Crippen molar-refractivity contribution in [1.82, 2.24) is 23.9 Å². The molecule has 0 aliphatic heterocycles. The molecule has 2 aromatic heterocycles. The van der Waals surface area contributed by atoms with Gasteiger partial charge in [0.2, 0.25) is 0 Å². The minimum Gasteiger partial charge on any atom is -0.384 e. The molecule has 4 aromatic rings. The second-order valence-electron chi connectivity index (χ2n) is 7.58. The first-order valence-electron chi connectivity index (χ1n) is 10.7. The molecule has 0 atom stereocenters. The Morgan fingerprint density at radius 2 is 1.62 bits per heavy atom. The Kier molecular flexibility index (Phi) is 6.78. The van der Waals surface area contributed by atoms with Gasteiger partial charge in [0.25, 0.3) is 5.56 Å². The minimum atomic E-state index is -0.680. The van der Waals surface area contributed by atoms with Gasteiger partial charge in [-0.25, -0.2) is 4.79 Å². The lowest BCUT2D eigenvalue weighted by atomic mass is 10.2. The molecule has 4 rings (SSSR count). The number of aromatic nitrogens is 5. The Labute approximate surface area is 199 Å². The summed E-state index contributed by atoms with van der Waals surface area (Å²) in [4.78, 5) is 39.1. The monoisotopic (exact) mass is 476 g/mol.